The molecule has 0 aliphatic heterocycles. The van der Waals surface area contributed by atoms with Crippen LogP contribution in [0.2, 0.25) is 0 Å². The number of rotatable bonds is 3. The highest BCUT2D eigenvalue weighted by Gasteiger charge is 2.08. The van der Waals surface area contributed by atoms with Crippen molar-refractivity contribution < 1.29 is 9.90 Å². The lowest BCUT2D eigenvalue weighted by Crippen LogP contribution is -1.94. The van der Waals surface area contributed by atoms with E-state index in [9.17, 15) is 9.70 Å². The van der Waals surface area contributed by atoms with Crippen molar-refractivity contribution >= 4 is 17.3 Å². The Kier molecular flexibility index (Phi) is 2.85. The number of nitrogens with zero attached hydrogens (tertiary/aromatic N) is 3. The summed E-state index contributed by atoms with van der Waals surface area (Å²) < 4.78 is 0. The average molecular weight is 194 g/mol. The predicted molar refractivity (Wildman–Crippen MR) is 47.6 cm³/mol. The average Bonchev–Trinajstić information content (AvgIpc) is 2.18. The van der Waals surface area contributed by atoms with Crippen molar-refractivity contribution in [1.29, 1.82) is 0 Å². The molecule has 0 fully saturated rings. The number of nitrogens with two attached hydrogens (primary N) is 1. The first-order valence-electron chi connectivity index (χ1n) is 3.50. The van der Waals surface area contributed by atoms with Gasteiger partial charge in [0.25, 0.3) is 0 Å². The van der Waals surface area contributed by atoms with Crippen LogP contribution in [0.15, 0.2) is 33.7 Å². The minimum atomic E-state index is -1.13. The molecule has 1 rings (SSSR count). The van der Waals surface area contributed by atoms with Crippen LogP contribution in [-0.2, 0) is 0 Å². The second kappa shape index (κ2) is 4.08. The number of carbonyl (C=O) groups is 1. The van der Waals surface area contributed by atoms with Gasteiger partial charge >= 0.3 is 5.97 Å². The monoisotopic (exact) mass is 194 g/mol. The number of carboxylic acid groups (broad SMARTS) is 1. The van der Waals surface area contributed by atoms with Crippen molar-refractivity contribution in [1.82, 2.24) is 0 Å². The van der Waals surface area contributed by atoms with E-state index in [1.54, 1.807) is 0 Å². The molecule has 0 saturated carbocycles. The van der Waals surface area contributed by atoms with E-state index in [-0.39, 0.29) is 16.9 Å². The molecule has 7 heteroatoms. The first-order valence-corrected chi connectivity index (χ1v) is 3.50. The molecule has 3 N–H and O–H groups in total. The molecular weight excluding hydrogens is 188 g/mol. The van der Waals surface area contributed by atoms with Crippen LogP contribution in [-0.4, -0.2) is 11.1 Å². The molecule has 1 aromatic carbocycles. The maximum absolute atomic E-state index is 10.5. The van der Waals surface area contributed by atoms with Gasteiger partial charge in [0.05, 0.1) is 5.56 Å². The third kappa shape index (κ3) is 1.89. The topological polar surface area (TPSA) is 117 Å². The number of hydrogen-bond donors (Lipinski definition) is 2. The molecular formula is C7H6N4O3. The van der Waals surface area contributed by atoms with Gasteiger partial charge in [0.1, 0.15) is 11.4 Å². The van der Waals surface area contributed by atoms with Crippen LogP contribution < -0.4 is 5.84 Å². The summed E-state index contributed by atoms with van der Waals surface area (Å²) in [5.74, 6) is 3.65. The zero-order valence-electron chi connectivity index (χ0n) is 6.91. The lowest BCUT2D eigenvalue weighted by atomic mass is 10.2. The second-order valence-corrected chi connectivity index (χ2v) is 2.32. The highest BCUT2D eigenvalue weighted by Crippen LogP contribution is 2.28. The van der Waals surface area contributed by atoms with Gasteiger partial charge in [0.15, 0.2) is 0 Å². The van der Waals surface area contributed by atoms with E-state index < -0.39 is 5.97 Å². The third-order valence-electron chi connectivity index (χ3n) is 1.49. The maximum atomic E-state index is 10.5. The smallest absolute Gasteiger partial charge is 0.335 e. The maximum Gasteiger partial charge on any atom is 0.335 e. The number of hydrogen-bond acceptors (Lipinski definition) is 5. The summed E-state index contributed by atoms with van der Waals surface area (Å²) in [6, 6.07) is 3.64. The Morgan fingerprint density at radius 2 is 2.07 bits per heavy atom. The summed E-state index contributed by atoms with van der Waals surface area (Å²) in [6.45, 7) is 0. The Morgan fingerprint density at radius 1 is 1.36 bits per heavy atom. The SMILES string of the molecule is NN=Nc1cc(C(=O)O)ccc1N=O. The van der Waals surface area contributed by atoms with Crippen LogP contribution in [0.25, 0.3) is 0 Å². The van der Waals surface area contributed by atoms with E-state index in [1.165, 1.54) is 12.1 Å². The van der Waals surface area contributed by atoms with Gasteiger partial charge in [-0.05, 0) is 23.4 Å². The fourth-order valence-corrected chi connectivity index (χ4v) is 0.876. The fourth-order valence-electron chi connectivity index (χ4n) is 0.876. The lowest BCUT2D eigenvalue weighted by Gasteiger charge is -1.97. The summed E-state index contributed by atoms with van der Waals surface area (Å²) in [7, 11) is 0. The Bertz CT molecular complexity index is 402. The van der Waals surface area contributed by atoms with Crippen LogP contribution in [0, 0.1) is 4.91 Å². The van der Waals surface area contributed by atoms with Crippen LogP contribution in [0.3, 0.4) is 0 Å². The van der Waals surface area contributed by atoms with E-state index in [1.807, 2.05) is 0 Å². The summed E-state index contributed by atoms with van der Waals surface area (Å²) in [5.41, 5.74) is 0.00593. The minimum absolute atomic E-state index is 0.01000. The first-order chi connectivity index (χ1) is 6.69. The van der Waals surface area contributed by atoms with E-state index in [0.29, 0.717) is 0 Å². The Labute approximate surface area is 78.2 Å². The molecule has 0 spiro atoms. The van der Waals surface area contributed by atoms with Gasteiger partial charge < -0.3 is 10.9 Å². The third-order valence-corrected chi connectivity index (χ3v) is 1.49. The molecule has 14 heavy (non-hydrogen) atoms. The van der Waals surface area contributed by atoms with Crippen molar-refractivity contribution in [2.24, 2.45) is 21.4 Å². The molecule has 0 aliphatic carbocycles. The summed E-state index contributed by atoms with van der Waals surface area (Å²) in [5, 5.41) is 17.6. The molecule has 0 aliphatic rings. The standard InChI is InChI=1S/C7H6N4O3/c8-11-9-6-3-4(7(12)13)1-2-5(6)10-14/h1-3H,(H2,8,9)(H,12,13). The number of benzene rings is 1. The van der Waals surface area contributed by atoms with E-state index >= 15 is 0 Å². The van der Waals surface area contributed by atoms with Gasteiger partial charge in [-0.3, -0.25) is 0 Å². The number of nitroso groups, excluding NO2 is 1. The normalized spacial score (nSPS) is 10.3. The highest BCUT2D eigenvalue weighted by molar-refractivity contribution is 5.89. The van der Waals surface area contributed by atoms with E-state index in [2.05, 4.69) is 15.5 Å². The van der Waals surface area contributed by atoms with Crippen molar-refractivity contribution in [3.05, 3.63) is 28.7 Å². The van der Waals surface area contributed by atoms with E-state index in [0.717, 1.165) is 6.07 Å². The van der Waals surface area contributed by atoms with Crippen LogP contribution >= 0.6 is 0 Å². The molecule has 0 aromatic heterocycles. The summed E-state index contributed by atoms with van der Waals surface area (Å²) in [4.78, 5) is 20.8. The van der Waals surface area contributed by atoms with Crippen molar-refractivity contribution in [3.8, 4) is 0 Å². The number of aromatic carboxylic acids is 1. The molecule has 0 heterocycles. The molecule has 0 amide bonds. The quantitative estimate of drug-likeness (QED) is 0.329. The van der Waals surface area contributed by atoms with Crippen molar-refractivity contribution in [2.45, 2.75) is 0 Å². The molecule has 0 atom stereocenters. The van der Waals surface area contributed by atoms with Crippen molar-refractivity contribution in [2.75, 3.05) is 0 Å². The molecule has 0 bridgehead atoms. The van der Waals surface area contributed by atoms with Gasteiger partial charge in [-0.15, -0.1) is 10.0 Å². The zero-order chi connectivity index (χ0) is 10.6. The van der Waals surface area contributed by atoms with Gasteiger partial charge in [-0.25, -0.2) is 4.79 Å². The molecule has 7 nitrogen and oxygen atoms in total. The molecule has 1 aromatic rings. The number of carboxylic acids is 1. The molecule has 72 valence electrons. The first kappa shape index (κ1) is 9.78. The molecule has 0 radical (unpaired) electrons. The van der Waals surface area contributed by atoms with Crippen LogP contribution in [0.5, 0.6) is 0 Å². The zero-order valence-corrected chi connectivity index (χ0v) is 6.91. The molecule has 0 saturated heterocycles. The predicted octanol–water partition coefficient (Wildman–Crippen LogP) is 1.74. The van der Waals surface area contributed by atoms with Crippen LogP contribution in [0.4, 0.5) is 11.4 Å². The summed E-state index contributed by atoms with van der Waals surface area (Å²) in [6.07, 6.45) is 0. The Morgan fingerprint density at radius 3 is 2.57 bits per heavy atom. The molecule has 0 unspecified atom stereocenters. The van der Waals surface area contributed by atoms with Gasteiger partial charge in [0.2, 0.25) is 0 Å². The fraction of sp³-hybridized carbons (Fsp3) is 0. The highest BCUT2D eigenvalue weighted by atomic mass is 16.4. The van der Waals surface area contributed by atoms with E-state index in [4.69, 9.17) is 10.9 Å². The second-order valence-electron chi connectivity index (χ2n) is 2.32. The summed E-state index contributed by atoms with van der Waals surface area (Å²) >= 11 is 0. The van der Waals surface area contributed by atoms with Gasteiger partial charge in [0, 0.05) is 0 Å². The largest absolute Gasteiger partial charge is 0.478 e. The van der Waals surface area contributed by atoms with Crippen LogP contribution in [0.1, 0.15) is 10.4 Å². The van der Waals surface area contributed by atoms with Crippen molar-refractivity contribution in [3.63, 3.8) is 0 Å². The van der Waals surface area contributed by atoms with Gasteiger partial charge in [-0.2, -0.15) is 0 Å². The lowest BCUT2D eigenvalue weighted by molar-refractivity contribution is 0.0697. The minimum Gasteiger partial charge on any atom is -0.478 e. The Balaban J connectivity index is 3.27. The van der Waals surface area contributed by atoms with Gasteiger partial charge in [-0.1, -0.05) is 5.22 Å². The Hall–Kier alpha value is -2.31.